The van der Waals surface area contributed by atoms with E-state index < -0.39 is 0 Å². The van der Waals surface area contributed by atoms with E-state index in [0.717, 1.165) is 31.8 Å². The minimum atomic E-state index is 0. The van der Waals surface area contributed by atoms with Crippen molar-refractivity contribution in [2.24, 2.45) is 7.05 Å². The molecule has 17 heavy (non-hydrogen) atoms. The van der Waals surface area contributed by atoms with E-state index in [9.17, 15) is 0 Å². The normalized spacial score (nSPS) is 10.6. The maximum Gasteiger partial charge on any atom is 0.0638 e. The summed E-state index contributed by atoms with van der Waals surface area (Å²) in [7, 11) is 1.95. The summed E-state index contributed by atoms with van der Waals surface area (Å²) >= 11 is 0. The van der Waals surface area contributed by atoms with Gasteiger partial charge in [0.25, 0.3) is 0 Å². The lowest BCUT2D eigenvalue weighted by atomic mass is 10.2. The van der Waals surface area contributed by atoms with Crippen LogP contribution in [-0.2, 0) is 18.3 Å². The molecule has 1 heterocycles. The van der Waals surface area contributed by atoms with Gasteiger partial charge < -0.3 is 10.1 Å². The van der Waals surface area contributed by atoms with Crippen LogP contribution in [0.5, 0.6) is 0 Å². The third kappa shape index (κ3) is 6.66. The molecule has 0 aliphatic rings. The van der Waals surface area contributed by atoms with Gasteiger partial charge in [-0.25, -0.2) is 0 Å². The molecule has 5 heteroatoms. The molecular weight excluding hydrogens is 238 g/mol. The Balaban J connectivity index is 0.00000256. The van der Waals surface area contributed by atoms with E-state index in [4.69, 9.17) is 4.74 Å². The molecule has 0 unspecified atom stereocenters. The molecule has 0 amide bonds. The van der Waals surface area contributed by atoms with Crippen LogP contribution >= 0.6 is 12.4 Å². The Morgan fingerprint density at radius 2 is 2.18 bits per heavy atom. The van der Waals surface area contributed by atoms with Crippen LogP contribution in [0.3, 0.4) is 0 Å². The second-order valence-electron chi connectivity index (χ2n) is 4.36. The number of ether oxygens (including phenoxy) is 1. The average Bonchev–Trinajstić information content (AvgIpc) is 2.50. The summed E-state index contributed by atoms with van der Waals surface area (Å²) in [4.78, 5) is 0. The Morgan fingerprint density at radius 3 is 2.71 bits per heavy atom. The largest absolute Gasteiger partial charge is 0.379 e. The van der Waals surface area contributed by atoms with E-state index >= 15 is 0 Å². The number of hydrogen-bond donors (Lipinski definition) is 1. The predicted octanol–water partition coefficient (Wildman–Crippen LogP) is 2.06. The van der Waals surface area contributed by atoms with Gasteiger partial charge in [0.2, 0.25) is 0 Å². The van der Waals surface area contributed by atoms with Crippen molar-refractivity contribution in [3.8, 4) is 0 Å². The summed E-state index contributed by atoms with van der Waals surface area (Å²) in [5, 5.41) is 7.70. The lowest BCUT2D eigenvalue weighted by Gasteiger charge is -2.07. The first-order valence-corrected chi connectivity index (χ1v) is 5.91. The summed E-state index contributed by atoms with van der Waals surface area (Å²) in [6, 6.07) is 0. The molecule has 0 fully saturated rings. The number of nitrogens with zero attached hydrogens (tertiary/aromatic N) is 2. The summed E-state index contributed by atoms with van der Waals surface area (Å²) in [5.41, 5.74) is 2.38. The average molecular weight is 262 g/mol. The molecule has 4 nitrogen and oxygen atoms in total. The van der Waals surface area contributed by atoms with Gasteiger partial charge in [0.05, 0.1) is 11.8 Å². The molecule has 1 rings (SSSR count). The summed E-state index contributed by atoms with van der Waals surface area (Å²) in [6.45, 7) is 8.87. The fourth-order valence-corrected chi connectivity index (χ4v) is 1.56. The van der Waals surface area contributed by atoms with E-state index in [-0.39, 0.29) is 12.4 Å². The van der Waals surface area contributed by atoms with Crippen molar-refractivity contribution in [3.63, 3.8) is 0 Å². The molecule has 1 aromatic heterocycles. The molecule has 100 valence electrons. The van der Waals surface area contributed by atoms with Crippen LogP contribution in [0.2, 0.25) is 0 Å². The molecule has 0 saturated heterocycles. The number of hydrogen-bond acceptors (Lipinski definition) is 3. The fraction of sp³-hybridized carbons (Fsp3) is 0.750. The van der Waals surface area contributed by atoms with Gasteiger partial charge >= 0.3 is 0 Å². The lowest BCUT2D eigenvalue weighted by molar-refractivity contribution is 0.0770. The highest BCUT2D eigenvalue weighted by Gasteiger charge is 2.01. The molecule has 0 aliphatic heterocycles. The minimum Gasteiger partial charge on any atom is -0.379 e. The standard InChI is InChI=1S/C12H23N3O.ClH/c1-10(2)16-7-5-6-13-8-12-9-15(4)14-11(12)3;/h9-10,13H,5-8H2,1-4H3;1H. The van der Waals surface area contributed by atoms with Gasteiger partial charge in [0, 0.05) is 32.0 Å². The molecule has 0 aliphatic carbocycles. The quantitative estimate of drug-likeness (QED) is 0.764. The van der Waals surface area contributed by atoms with Crippen LogP contribution in [0, 0.1) is 6.92 Å². The second kappa shape index (κ2) is 8.50. The third-order valence-electron chi connectivity index (χ3n) is 2.38. The van der Waals surface area contributed by atoms with Gasteiger partial charge in [-0.15, -0.1) is 12.4 Å². The third-order valence-corrected chi connectivity index (χ3v) is 2.38. The first-order valence-electron chi connectivity index (χ1n) is 5.91. The molecule has 0 saturated carbocycles. The van der Waals surface area contributed by atoms with Crippen molar-refractivity contribution in [2.45, 2.75) is 39.8 Å². The Morgan fingerprint density at radius 1 is 1.47 bits per heavy atom. The van der Waals surface area contributed by atoms with Gasteiger partial charge in [-0.3, -0.25) is 4.68 Å². The number of aryl methyl sites for hydroxylation is 2. The molecule has 0 spiro atoms. The van der Waals surface area contributed by atoms with E-state index in [1.54, 1.807) is 0 Å². The Kier molecular flexibility index (Phi) is 8.21. The number of rotatable bonds is 7. The zero-order chi connectivity index (χ0) is 12.0. The SMILES string of the molecule is Cc1nn(C)cc1CNCCCOC(C)C.Cl. The monoisotopic (exact) mass is 261 g/mol. The first kappa shape index (κ1) is 16.4. The lowest BCUT2D eigenvalue weighted by Crippen LogP contribution is -2.17. The molecular formula is C12H24ClN3O. The Bertz CT molecular complexity index is 313. The maximum absolute atomic E-state index is 5.47. The van der Waals surface area contributed by atoms with Gasteiger partial charge in [-0.2, -0.15) is 5.10 Å². The molecule has 0 aromatic carbocycles. The molecule has 1 N–H and O–H groups in total. The van der Waals surface area contributed by atoms with E-state index in [2.05, 4.69) is 30.5 Å². The van der Waals surface area contributed by atoms with Crippen LogP contribution in [0.1, 0.15) is 31.5 Å². The summed E-state index contributed by atoms with van der Waals surface area (Å²) in [6.07, 6.45) is 3.45. The first-order chi connectivity index (χ1) is 7.59. The van der Waals surface area contributed by atoms with Crippen LogP contribution in [0.4, 0.5) is 0 Å². The van der Waals surface area contributed by atoms with Gasteiger partial charge in [-0.1, -0.05) is 0 Å². The maximum atomic E-state index is 5.47. The predicted molar refractivity (Wildman–Crippen MR) is 72.6 cm³/mol. The van der Waals surface area contributed by atoms with Gasteiger partial charge in [-0.05, 0) is 33.7 Å². The number of halogens is 1. The van der Waals surface area contributed by atoms with E-state index in [1.165, 1.54) is 5.56 Å². The molecule has 0 bridgehead atoms. The fourth-order valence-electron chi connectivity index (χ4n) is 1.56. The highest BCUT2D eigenvalue weighted by molar-refractivity contribution is 5.85. The molecule has 1 aromatic rings. The van der Waals surface area contributed by atoms with Crippen molar-refractivity contribution in [2.75, 3.05) is 13.2 Å². The van der Waals surface area contributed by atoms with Crippen LogP contribution < -0.4 is 5.32 Å². The molecule has 0 atom stereocenters. The van der Waals surface area contributed by atoms with Crippen molar-refractivity contribution in [1.82, 2.24) is 15.1 Å². The topological polar surface area (TPSA) is 39.1 Å². The zero-order valence-electron chi connectivity index (χ0n) is 11.2. The van der Waals surface area contributed by atoms with Crippen molar-refractivity contribution in [3.05, 3.63) is 17.5 Å². The van der Waals surface area contributed by atoms with Crippen LogP contribution in [0.25, 0.3) is 0 Å². The van der Waals surface area contributed by atoms with Crippen molar-refractivity contribution in [1.29, 1.82) is 0 Å². The smallest absolute Gasteiger partial charge is 0.0638 e. The van der Waals surface area contributed by atoms with E-state index in [1.807, 2.05) is 18.7 Å². The zero-order valence-corrected chi connectivity index (χ0v) is 12.0. The highest BCUT2D eigenvalue weighted by Crippen LogP contribution is 2.03. The van der Waals surface area contributed by atoms with Crippen LogP contribution in [0.15, 0.2) is 6.20 Å². The van der Waals surface area contributed by atoms with Crippen LogP contribution in [-0.4, -0.2) is 29.0 Å². The van der Waals surface area contributed by atoms with Crippen molar-refractivity contribution < 1.29 is 4.74 Å². The summed E-state index contributed by atoms with van der Waals surface area (Å²) in [5.74, 6) is 0. The van der Waals surface area contributed by atoms with Crippen molar-refractivity contribution >= 4 is 12.4 Å². The van der Waals surface area contributed by atoms with Gasteiger partial charge in [0.1, 0.15) is 0 Å². The van der Waals surface area contributed by atoms with E-state index in [0.29, 0.717) is 6.10 Å². The Labute approximate surface area is 110 Å². The Hall–Kier alpha value is -0.580. The second-order valence-corrected chi connectivity index (χ2v) is 4.36. The summed E-state index contributed by atoms with van der Waals surface area (Å²) < 4.78 is 7.32. The number of aromatic nitrogens is 2. The minimum absolute atomic E-state index is 0. The highest BCUT2D eigenvalue weighted by atomic mass is 35.5. The molecule has 0 radical (unpaired) electrons. The van der Waals surface area contributed by atoms with Gasteiger partial charge in [0.15, 0.2) is 0 Å². The number of nitrogens with one attached hydrogen (secondary N) is 1.